The molecule has 0 atom stereocenters. The van der Waals surface area contributed by atoms with Crippen molar-refractivity contribution in [2.75, 3.05) is 0 Å². The average Bonchev–Trinajstić information content (AvgIpc) is 4.01. The maximum absolute atomic E-state index is 2.48. The van der Waals surface area contributed by atoms with Crippen molar-refractivity contribution in [3.8, 4) is 66.8 Å². The highest BCUT2D eigenvalue weighted by Crippen LogP contribution is 2.66. The van der Waals surface area contributed by atoms with Crippen molar-refractivity contribution in [2.45, 2.75) is 24.7 Å². The highest BCUT2D eigenvalue weighted by atomic mass is 14.5. The molecule has 72 heavy (non-hydrogen) atoms. The van der Waals surface area contributed by atoms with E-state index in [1.54, 1.807) is 0 Å². The van der Waals surface area contributed by atoms with Gasteiger partial charge < -0.3 is 0 Å². The van der Waals surface area contributed by atoms with E-state index in [1.807, 2.05) is 0 Å². The van der Waals surface area contributed by atoms with Crippen molar-refractivity contribution in [3.05, 3.63) is 276 Å². The summed E-state index contributed by atoms with van der Waals surface area (Å²) >= 11 is 0. The van der Waals surface area contributed by atoms with Crippen LogP contribution in [0, 0.1) is 0 Å². The van der Waals surface area contributed by atoms with Crippen molar-refractivity contribution in [3.63, 3.8) is 0 Å². The predicted molar refractivity (Wildman–Crippen MR) is 304 cm³/mol. The van der Waals surface area contributed by atoms with Gasteiger partial charge in [0.25, 0.3) is 0 Å². The summed E-state index contributed by atoms with van der Waals surface area (Å²) in [6, 6.07) is 92.3. The van der Waals surface area contributed by atoms with E-state index in [1.165, 1.54) is 154 Å². The van der Waals surface area contributed by atoms with Crippen LogP contribution < -0.4 is 0 Å². The largest absolute Gasteiger partial charge is 0.0737 e. The van der Waals surface area contributed by atoms with Crippen LogP contribution in [0.5, 0.6) is 0 Å². The van der Waals surface area contributed by atoms with Gasteiger partial charge in [0.1, 0.15) is 0 Å². The van der Waals surface area contributed by atoms with Crippen molar-refractivity contribution >= 4 is 53.9 Å². The van der Waals surface area contributed by atoms with E-state index in [9.17, 15) is 0 Å². The molecular formula is C72H46. The maximum Gasteiger partial charge on any atom is 0.0737 e. The summed E-state index contributed by atoms with van der Waals surface area (Å²) in [6.07, 6.45) is 0. The molecule has 13 aromatic rings. The number of benzene rings is 13. The van der Waals surface area contributed by atoms with Crippen LogP contribution in [-0.2, 0) is 10.8 Å². The highest BCUT2D eigenvalue weighted by Gasteiger charge is 2.53. The SMILES string of the molecule is CC1(C)c2ccccc2-c2ccc(-c3c4ccccc4c(-c4cccc(-c5ccc6c7c(ccc6c5)-c5c(c6ccccc6c6ccccc56)C75c6ccccc6-c6ccccc65)c4)c4ccccc34)cc21. The topological polar surface area (TPSA) is 0 Å². The van der Waals surface area contributed by atoms with Gasteiger partial charge in [-0.1, -0.05) is 238 Å². The molecular weight excluding hydrogens is 865 g/mol. The molecule has 0 radical (unpaired) electrons. The highest BCUT2D eigenvalue weighted by molar-refractivity contribution is 6.23. The Morgan fingerprint density at radius 3 is 1.29 bits per heavy atom. The Balaban J connectivity index is 0.894. The van der Waals surface area contributed by atoms with E-state index in [4.69, 9.17) is 0 Å². The molecule has 1 spiro atoms. The lowest BCUT2D eigenvalue weighted by molar-refractivity contribution is 0.660. The first-order chi connectivity index (χ1) is 35.5. The van der Waals surface area contributed by atoms with Gasteiger partial charge >= 0.3 is 0 Å². The Morgan fingerprint density at radius 2 is 0.667 bits per heavy atom. The molecule has 0 fully saturated rings. The maximum atomic E-state index is 2.48. The summed E-state index contributed by atoms with van der Waals surface area (Å²) in [4.78, 5) is 0. The molecule has 0 saturated heterocycles. The fourth-order valence-electron chi connectivity index (χ4n) is 14.3. The Morgan fingerprint density at radius 1 is 0.236 bits per heavy atom. The first kappa shape index (κ1) is 39.9. The van der Waals surface area contributed by atoms with Gasteiger partial charge in [-0.05, 0) is 172 Å². The Hall–Kier alpha value is -8.84. The van der Waals surface area contributed by atoms with Gasteiger partial charge in [0.05, 0.1) is 5.41 Å². The van der Waals surface area contributed by atoms with E-state index in [2.05, 4.69) is 257 Å². The molecule has 0 amide bonds. The van der Waals surface area contributed by atoms with Crippen LogP contribution in [0.25, 0.3) is 121 Å². The second-order valence-electron chi connectivity index (χ2n) is 21.0. The zero-order chi connectivity index (χ0) is 47.5. The zero-order valence-electron chi connectivity index (χ0n) is 40.1. The normalized spacial score (nSPS) is 14.2. The molecule has 0 unspecified atom stereocenters. The second kappa shape index (κ2) is 14.4. The zero-order valence-corrected chi connectivity index (χ0v) is 40.1. The molecule has 0 N–H and O–H groups in total. The molecule has 16 rings (SSSR count). The molecule has 0 heterocycles. The van der Waals surface area contributed by atoms with Crippen LogP contribution in [0.2, 0.25) is 0 Å². The van der Waals surface area contributed by atoms with E-state index in [0.29, 0.717) is 0 Å². The first-order valence-electron chi connectivity index (χ1n) is 25.5. The van der Waals surface area contributed by atoms with Crippen LogP contribution in [-0.4, -0.2) is 0 Å². The molecule has 334 valence electrons. The number of rotatable bonds is 3. The molecule has 3 aliphatic rings. The Labute approximate surface area is 419 Å². The second-order valence-corrected chi connectivity index (χ2v) is 21.0. The quantitative estimate of drug-likeness (QED) is 0.122. The first-order valence-corrected chi connectivity index (χ1v) is 25.5. The van der Waals surface area contributed by atoms with Crippen LogP contribution in [0.4, 0.5) is 0 Å². The lowest BCUT2D eigenvalue weighted by atomic mass is 9.68. The molecule has 0 bridgehead atoms. The van der Waals surface area contributed by atoms with Crippen LogP contribution in [0.3, 0.4) is 0 Å². The van der Waals surface area contributed by atoms with Crippen LogP contribution in [0.1, 0.15) is 47.2 Å². The van der Waals surface area contributed by atoms with E-state index < -0.39 is 5.41 Å². The smallest absolute Gasteiger partial charge is 0.0619 e. The lowest BCUT2D eigenvalue weighted by Gasteiger charge is -2.32. The standard InChI is InChI=1S/C72H46/c1-71(2)62-31-14-11-22-51(62)54-38-36-47(42-65(54)71)67-58-28-8-6-26-56(58)66(57-27-7-9-29-59(57)67)46-19-17-18-43(41-46)44-34-37-48-45(40-44)35-39-61-68-55-25-5-3-20-49(55)50-21-4-10-30-60(50)70(68)72(69(48)61)63-32-15-12-23-52(63)53-24-13-16-33-64(53)72/h3-42H,1-2H3. The number of fused-ring (bicyclic) bond motifs is 22. The fraction of sp³-hybridized carbons (Fsp3) is 0.0556. The van der Waals surface area contributed by atoms with Crippen LogP contribution >= 0.6 is 0 Å². The summed E-state index contributed by atoms with van der Waals surface area (Å²) < 4.78 is 0. The van der Waals surface area contributed by atoms with Crippen LogP contribution in [0.15, 0.2) is 243 Å². The van der Waals surface area contributed by atoms with Gasteiger partial charge in [0.15, 0.2) is 0 Å². The van der Waals surface area contributed by atoms with Gasteiger partial charge in [-0.2, -0.15) is 0 Å². The van der Waals surface area contributed by atoms with E-state index >= 15 is 0 Å². The summed E-state index contributed by atoms with van der Waals surface area (Å²) in [6.45, 7) is 4.75. The van der Waals surface area contributed by atoms with Gasteiger partial charge in [-0.25, -0.2) is 0 Å². The summed E-state index contributed by atoms with van der Waals surface area (Å²) in [5.74, 6) is 0. The van der Waals surface area contributed by atoms with E-state index in [0.717, 1.165) is 0 Å². The third-order valence-electron chi connectivity index (χ3n) is 17.2. The van der Waals surface area contributed by atoms with Crippen molar-refractivity contribution in [2.24, 2.45) is 0 Å². The summed E-state index contributed by atoms with van der Waals surface area (Å²) in [7, 11) is 0. The van der Waals surface area contributed by atoms with Gasteiger partial charge in [0.2, 0.25) is 0 Å². The van der Waals surface area contributed by atoms with E-state index in [-0.39, 0.29) is 5.41 Å². The molecule has 0 nitrogen and oxygen atoms in total. The average molecular weight is 911 g/mol. The minimum Gasteiger partial charge on any atom is -0.0619 e. The Kier molecular flexibility index (Phi) is 7.98. The monoisotopic (exact) mass is 910 g/mol. The molecule has 0 heteroatoms. The van der Waals surface area contributed by atoms with Gasteiger partial charge in [-0.15, -0.1) is 0 Å². The van der Waals surface area contributed by atoms with Crippen molar-refractivity contribution in [1.29, 1.82) is 0 Å². The third-order valence-corrected chi connectivity index (χ3v) is 17.2. The molecule has 0 saturated carbocycles. The van der Waals surface area contributed by atoms with Gasteiger partial charge in [0, 0.05) is 5.41 Å². The minimum atomic E-state index is -0.502. The predicted octanol–water partition coefficient (Wildman–Crippen LogP) is 19.1. The van der Waals surface area contributed by atoms with Crippen molar-refractivity contribution in [1.82, 2.24) is 0 Å². The minimum absolute atomic E-state index is 0.0830. The molecule has 0 aromatic heterocycles. The fourth-order valence-corrected chi connectivity index (χ4v) is 14.3. The lowest BCUT2D eigenvalue weighted by Crippen LogP contribution is -2.26. The van der Waals surface area contributed by atoms with Gasteiger partial charge in [-0.3, -0.25) is 0 Å². The number of hydrogen-bond acceptors (Lipinski definition) is 0. The summed E-state index contributed by atoms with van der Waals surface area (Å²) in [5.41, 5.74) is 23.3. The molecule has 3 aliphatic carbocycles. The molecule has 13 aromatic carbocycles. The Bertz CT molecular complexity index is 4440. The van der Waals surface area contributed by atoms with Crippen molar-refractivity contribution < 1.29 is 0 Å². The molecule has 0 aliphatic heterocycles. The summed E-state index contributed by atoms with van der Waals surface area (Å²) in [5, 5.41) is 12.9. The third kappa shape index (κ3) is 5.06. The number of hydrogen-bond donors (Lipinski definition) is 0.